The molecule has 5 nitrogen and oxygen atoms in total. The number of benzene rings is 1. The summed E-state index contributed by atoms with van der Waals surface area (Å²) < 4.78 is 26.4. The highest BCUT2D eigenvalue weighted by molar-refractivity contribution is 5.94. The number of amides is 1. The van der Waals surface area contributed by atoms with Gasteiger partial charge in [0.1, 0.15) is 23.6 Å². The Hall–Kier alpha value is -2.57. The van der Waals surface area contributed by atoms with Crippen LogP contribution < -0.4 is 11.1 Å². The van der Waals surface area contributed by atoms with E-state index >= 15 is 0 Å². The predicted molar refractivity (Wildman–Crippen MR) is 64.0 cm³/mol. The third-order valence-corrected chi connectivity index (χ3v) is 2.41. The lowest BCUT2D eigenvalue weighted by Gasteiger charge is -2.06. The average Bonchev–Trinajstić information content (AvgIpc) is 2.42. The molecule has 1 aromatic heterocycles. The minimum absolute atomic E-state index is 0.134. The van der Waals surface area contributed by atoms with Gasteiger partial charge in [0.2, 0.25) is 0 Å². The van der Waals surface area contributed by atoms with E-state index in [1.54, 1.807) is 6.07 Å². The normalized spacial score (nSPS) is 10.2. The molecule has 7 heteroatoms. The largest absolute Gasteiger partial charge is 0.394 e. The fraction of sp³-hybridized carbons (Fsp3) is 0.0833. The van der Waals surface area contributed by atoms with Gasteiger partial charge < -0.3 is 11.1 Å². The summed E-state index contributed by atoms with van der Waals surface area (Å²) in [4.78, 5) is 19.3. The van der Waals surface area contributed by atoms with Gasteiger partial charge in [-0.3, -0.25) is 4.79 Å². The topological polar surface area (TPSA) is 80.9 Å². The standard InChI is InChI=1S/C12H10F2N4O/c13-9-3-7(4-10(14)11(9)15)12(19)17-5-8-1-2-16-6-18-8/h1-4,6H,5,15H2,(H,17,19). The third kappa shape index (κ3) is 3.01. The van der Waals surface area contributed by atoms with Crippen molar-refractivity contribution in [3.8, 4) is 0 Å². The summed E-state index contributed by atoms with van der Waals surface area (Å²) in [5, 5.41) is 2.49. The van der Waals surface area contributed by atoms with Crippen LogP contribution in [0.1, 0.15) is 16.1 Å². The van der Waals surface area contributed by atoms with E-state index in [-0.39, 0.29) is 12.1 Å². The number of nitrogens with two attached hydrogens (primary N) is 1. The van der Waals surface area contributed by atoms with E-state index in [1.165, 1.54) is 12.5 Å². The fourth-order valence-electron chi connectivity index (χ4n) is 1.41. The van der Waals surface area contributed by atoms with Crippen LogP contribution in [-0.2, 0) is 6.54 Å². The first-order valence-electron chi connectivity index (χ1n) is 5.35. The van der Waals surface area contributed by atoms with Gasteiger partial charge in [0.25, 0.3) is 5.91 Å². The van der Waals surface area contributed by atoms with Crippen LogP contribution in [0.5, 0.6) is 0 Å². The Balaban J connectivity index is 2.08. The zero-order chi connectivity index (χ0) is 13.8. The molecule has 0 saturated heterocycles. The molecular formula is C12H10F2N4O. The van der Waals surface area contributed by atoms with Gasteiger partial charge in [0.15, 0.2) is 0 Å². The molecule has 1 aromatic carbocycles. The first-order valence-corrected chi connectivity index (χ1v) is 5.35. The summed E-state index contributed by atoms with van der Waals surface area (Å²) in [7, 11) is 0. The summed E-state index contributed by atoms with van der Waals surface area (Å²) in [5.74, 6) is -2.55. The number of carbonyl (C=O) groups is 1. The molecule has 3 N–H and O–H groups in total. The number of anilines is 1. The van der Waals surface area contributed by atoms with Crippen LogP contribution in [0.3, 0.4) is 0 Å². The second-order valence-electron chi connectivity index (χ2n) is 3.74. The van der Waals surface area contributed by atoms with E-state index in [0.29, 0.717) is 5.69 Å². The van der Waals surface area contributed by atoms with Gasteiger partial charge in [-0.2, -0.15) is 0 Å². The lowest BCUT2D eigenvalue weighted by atomic mass is 10.1. The summed E-state index contributed by atoms with van der Waals surface area (Å²) in [6.45, 7) is 0.134. The number of hydrogen-bond acceptors (Lipinski definition) is 4. The van der Waals surface area contributed by atoms with Crippen molar-refractivity contribution < 1.29 is 13.6 Å². The van der Waals surface area contributed by atoms with Crippen molar-refractivity contribution in [2.45, 2.75) is 6.54 Å². The second kappa shape index (κ2) is 5.38. The van der Waals surface area contributed by atoms with Crippen molar-refractivity contribution in [3.63, 3.8) is 0 Å². The van der Waals surface area contributed by atoms with Crippen LogP contribution in [0.4, 0.5) is 14.5 Å². The maximum Gasteiger partial charge on any atom is 0.251 e. The molecule has 1 heterocycles. The molecule has 0 atom stereocenters. The summed E-state index contributed by atoms with van der Waals surface area (Å²) in [5.41, 5.74) is 4.96. The number of nitrogen functional groups attached to an aromatic ring is 1. The molecule has 0 fully saturated rings. The Morgan fingerprint density at radius 2 is 2.00 bits per heavy atom. The van der Waals surface area contributed by atoms with Crippen molar-refractivity contribution in [3.05, 3.63) is 53.6 Å². The van der Waals surface area contributed by atoms with Gasteiger partial charge >= 0.3 is 0 Å². The zero-order valence-corrected chi connectivity index (χ0v) is 9.73. The Morgan fingerprint density at radius 1 is 1.32 bits per heavy atom. The molecule has 19 heavy (non-hydrogen) atoms. The highest BCUT2D eigenvalue weighted by Crippen LogP contribution is 2.17. The van der Waals surface area contributed by atoms with Crippen LogP contribution in [0, 0.1) is 11.6 Å². The van der Waals surface area contributed by atoms with Crippen molar-refractivity contribution in [1.29, 1.82) is 0 Å². The van der Waals surface area contributed by atoms with Crippen LogP contribution >= 0.6 is 0 Å². The van der Waals surface area contributed by atoms with Crippen molar-refractivity contribution in [2.24, 2.45) is 0 Å². The first kappa shape index (κ1) is 12.9. The molecule has 0 aliphatic rings. The number of aromatic nitrogens is 2. The van der Waals surface area contributed by atoms with Gasteiger partial charge in [-0.25, -0.2) is 18.7 Å². The highest BCUT2D eigenvalue weighted by Gasteiger charge is 2.13. The minimum Gasteiger partial charge on any atom is -0.394 e. The van der Waals surface area contributed by atoms with Crippen molar-refractivity contribution in [1.82, 2.24) is 15.3 Å². The first-order chi connectivity index (χ1) is 9.08. The lowest BCUT2D eigenvalue weighted by molar-refractivity contribution is 0.0949. The molecule has 2 aromatic rings. The molecule has 0 aliphatic carbocycles. The Labute approximate surface area is 107 Å². The molecule has 1 amide bonds. The number of hydrogen-bond donors (Lipinski definition) is 2. The molecule has 0 bridgehead atoms. The predicted octanol–water partition coefficient (Wildman–Crippen LogP) is 1.27. The van der Waals surface area contributed by atoms with Crippen molar-refractivity contribution >= 4 is 11.6 Å². The molecule has 0 radical (unpaired) electrons. The molecule has 0 spiro atoms. The third-order valence-electron chi connectivity index (χ3n) is 2.41. The van der Waals surface area contributed by atoms with Crippen LogP contribution in [0.2, 0.25) is 0 Å². The smallest absolute Gasteiger partial charge is 0.251 e. The van der Waals surface area contributed by atoms with E-state index in [1.807, 2.05) is 0 Å². The molecule has 2 rings (SSSR count). The number of nitrogens with one attached hydrogen (secondary N) is 1. The summed E-state index contributed by atoms with van der Waals surface area (Å²) in [6.07, 6.45) is 2.86. The second-order valence-corrected chi connectivity index (χ2v) is 3.74. The molecule has 0 saturated carbocycles. The maximum absolute atomic E-state index is 13.2. The highest BCUT2D eigenvalue weighted by atomic mass is 19.1. The van der Waals surface area contributed by atoms with Gasteiger partial charge in [-0.15, -0.1) is 0 Å². The average molecular weight is 264 g/mol. The molecule has 0 aliphatic heterocycles. The van der Waals surface area contributed by atoms with E-state index < -0.39 is 23.2 Å². The number of nitrogens with zero attached hydrogens (tertiary/aromatic N) is 2. The van der Waals surface area contributed by atoms with Gasteiger partial charge in [0, 0.05) is 11.8 Å². The van der Waals surface area contributed by atoms with E-state index in [4.69, 9.17) is 5.73 Å². The Kier molecular flexibility index (Phi) is 3.65. The monoisotopic (exact) mass is 264 g/mol. The number of rotatable bonds is 3. The number of halogens is 2. The SMILES string of the molecule is Nc1c(F)cc(C(=O)NCc2ccncn2)cc1F. The molecular weight excluding hydrogens is 254 g/mol. The van der Waals surface area contributed by atoms with Crippen molar-refractivity contribution in [2.75, 3.05) is 5.73 Å². The van der Waals surface area contributed by atoms with E-state index in [0.717, 1.165) is 12.1 Å². The Morgan fingerprint density at radius 3 is 2.58 bits per heavy atom. The van der Waals surface area contributed by atoms with Gasteiger partial charge in [-0.1, -0.05) is 0 Å². The molecule has 98 valence electrons. The van der Waals surface area contributed by atoms with Gasteiger partial charge in [-0.05, 0) is 18.2 Å². The van der Waals surface area contributed by atoms with Crippen LogP contribution in [-0.4, -0.2) is 15.9 Å². The van der Waals surface area contributed by atoms with Crippen LogP contribution in [0.15, 0.2) is 30.7 Å². The quantitative estimate of drug-likeness (QED) is 0.818. The molecule has 0 unspecified atom stereocenters. The zero-order valence-electron chi connectivity index (χ0n) is 9.73. The van der Waals surface area contributed by atoms with E-state index in [2.05, 4.69) is 15.3 Å². The Bertz CT molecular complexity index is 581. The number of carbonyl (C=O) groups excluding carboxylic acids is 1. The van der Waals surface area contributed by atoms with Gasteiger partial charge in [0.05, 0.1) is 12.2 Å². The summed E-state index contributed by atoms with van der Waals surface area (Å²) in [6, 6.07) is 3.38. The lowest BCUT2D eigenvalue weighted by Crippen LogP contribution is -2.23. The maximum atomic E-state index is 13.2. The van der Waals surface area contributed by atoms with Crippen LogP contribution in [0.25, 0.3) is 0 Å². The van der Waals surface area contributed by atoms with E-state index in [9.17, 15) is 13.6 Å². The summed E-state index contributed by atoms with van der Waals surface area (Å²) >= 11 is 0. The minimum atomic E-state index is -0.966. The fourth-order valence-corrected chi connectivity index (χ4v) is 1.41.